The Hall–Kier alpha value is -2.31. The van der Waals surface area contributed by atoms with Crippen LogP contribution in [0.3, 0.4) is 0 Å². The number of para-hydroxylation sites is 1. The van der Waals surface area contributed by atoms with Crippen molar-refractivity contribution < 1.29 is 26.7 Å². The van der Waals surface area contributed by atoms with Crippen LogP contribution in [-0.2, 0) is 0 Å². The average Bonchev–Trinajstić information content (AvgIpc) is 2.34. The van der Waals surface area contributed by atoms with E-state index >= 15 is 0 Å². The van der Waals surface area contributed by atoms with Gasteiger partial charge in [-0.15, -0.1) is 13.2 Å². The lowest BCUT2D eigenvalue weighted by molar-refractivity contribution is -0.274. The number of anilines is 1. The molecule has 7 heteroatoms. The van der Waals surface area contributed by atoms with Crippen molar-refractivity contribution in [1.29, 1.82) is 0 Å². The maximum atomic E-state index is 13.3. The number of nitrogen functional groups attached to an aromatic ring is 1. The van der Waals surface area contributed by atoms with Gasteiger partial charge in [-0.25, -0.2) is 8.78 Å². The molecule has 106 valence electrons. The number of hydrogen-bond donors (Lipinski definition) is 1. The summed E-state index contributed by atoms with van der Waals surface area (Å²) in [7, 11) is 0. The topological polar surface area (TPSA) is 35.2 Å². The van der Waals surface area contributed by atoms with Crippen LogP contribution < -0.4 is 10.5 Å². The van der Waals surface area contributed by atoms with Crippen molar-refractivity contribution in [2.75, 3.05) is 5.73 Å². The predicted octanol–water partition coefficient (Wildman–Crippen LogP) is 4.11. The number of halogens is 5. The molecule has 0 saturated carbocycles. The lowest BCUT2D eigenvalue weighted by atomic mass is 10.0. The first-order chi connectivity index (χ1) is 9.28. The number of benzene rings is 2. The van der Waals surface area contributed by atoms with E-state index in [2.05, 4.69) is 4.74 Å². The van der Waals surface area contributed by atoms with Gasteiger partial charge in [0.1, 0.15) is 5.75 Å². The SMILES string of the molecule is Nc1cc(-c2ccccc2OC(F)(F)F)cc(F)c1F. The Morgan fingerprint density at radius 1 is 1.00 bits per heavy atom. The van der Waals surface area contributed by atoms with Gasteiger partial charge in [0, 0.05) is 5.56 Å². The van der Waals surface area contributed by atoms with Crippen LogP contribution in [0.25, 0.3) is 11.1 Å². The number of hydrogen-bond acceptors (Lipinski definition) is 2. The van der Waals surface area contributed by atoms with Gasteiger partial charge in [0.05, 0.1) is 5.69 Å². The summed E-state index contributed by atoms with van der Waals surface area (Å²) in [4.78, 5) is 0. The third kappa shape index (κ3) is 2.98. The molecule has 0 atom stereocenters. The molecule has 0 amide bonds. The standard InChI is InChI=1S/C13H8F5NO/c14-9-5-7(6-10(19)12(9)15)8-3-1-2-4-11(8)20-13(16,17)18/h1-6H,19H2. The molecular weight excluding hydrogens is 281 g/mol. The highest BCUT2D eigenvalue weighted by molar-refractivity contribution is 5.73. The minimum absolute atomic E-state index is 0.0127. The number of nitrogens with two attached hydrogens (primary N) is 1. The minimum Gasteiger partial charge on any atom is -0.405 e. The lowest BCUT2D eigenvalue weighted by Gasteiger charge is -2.13. The van der Waals surface area contributed by atoms with Crippen molar-refractivity contribution >= 4 is 5.69 Å². The zero-order chi connectivity index (χ0) is 14.9. The van der Waals surface area contributed by atoms with Crippen LogP contribution in [0.15, 0.2) is 36.4 Å². The highest BCUT2D eigenvalue weighted by atomic mass is 19.4. The van der Waals surface area contributed by atoms with E-state index in [1.165, 1.54) is 18.2 Å². The van der Waals surface area contributed by atoms with Gasteiger partial charge in [0.25, 0.3) is 0 Å². The van der Waals surface area contributed by atoms with E-state index in [0.29, 0.717) is 0 Å². The Labute approximate surface area is 110 Å². The van der Waals surface area contributed by atoms with Crippen molar-refractivity contribution in [1.82, 2.24) is 0 Å². The Kier molecular flexibility index (Phi) is 3.52. The fraction of sp³-hybridized carbons (Fsp3) is 0.0769. The smallest absolute Gasteiger partial charge is 0.405 e. The van der Waals surface area contributed by atoms with Gasteiger partial charge in [-0.3, -0.25) is 0 Å². The number of rotatable bonds is 2. The van der Waals surface area contributed by atoms with E-state index < -0.39 is 29.4 Å². The monoisotopic (exact) mass is 289 g/mol. The molecule has 0 saturated heterocycles. The van der Waals surface area contributed by atoms with Gasteiger partial charge in [-0.2, -0.15) is 0 Å². The molecule has 0 aliphatic rings. The fourth-order valence-corrected chi connectivity index (χ4v) is 1.68. The summed E-state index contributed by atoms with van der Waals surface area (Å²) in [5.74, 6) is -3.02. The molecule has 0 unspecified atom stereocenters. The zero-order valence-corrected chi connectivity index (χ0v) is 9.84. The van der Waals surface area contributed by atoms with Gasteiger partial charge in [-0.1, -0.05) is 18.2 Å². The highest BCUT2D eigenvalue weighted by Crippen LogP contribution is 2.35. The van der Waals surface area contributed by atoms with Crippen LogP contribution >= 0.6 is 0 Å². The van der Waals surface area contributed by atoms with Gasteiger partial charge < -0.3 is 10.5 Å². The Morgan fingerprint density at radius 2 is 1.65 bits per heavy atom. The molecule has 0 bridgehead atoms. The molecule has 2 rings (SSSR count). The molecule has 2 aromatic carbocycles. The van der Waals surface area contributed by atoms with E-state index in [-0.39, 0.29) is 11.1 Å². The normalized spacial score (nSPS) is 11.4. The second-order valence-electron chi connectivity index (χ2n) is 3.91. The number of alkyl halides is 3. The lowest BCUT2D eigenvalue weighted by Crippen LogP contribution is -2.17. The largest absolute Gasteiger partial charge is 0.573 e. The average molecular weight is 289 g/mol. The summed E-state index contributed by atoms with van der Waals surface area (Å²) in [5.41, 5.74) is 4.70. The van der Waals surface area contributed by atoms with Crippen molar-refractivity contribution in [2.24, 2.45) is 0 Å². The van der Waals surface area contributed by atoms with Gasteiger partial charge in [0.15, 0.2) is 11.6 Å². The predicted molar refractivity (Wildman–Crippen MR) is 62.9 cm³/mol. The van der Waals surface area contributed by atoms with E-state index in [4.69, 9.17) is 5.73 Å². The van der Waals surface area contributed by atoms with E-state index in [1.54, 1.807) is 0 Å². The van der Waals surface area contributed by atoms with Crippen LogP contribution in [0, 0.1) is 11.6 Å². The quantitative estimate of drug-likeness (QED) is 0.667. The van der Waals surface area contributed by atoms with Crippen LogP contribution in [-0.4, -0.2) is 6.36 Å². The first kappa shape index (κ1) is 14.1. The minimum atomic E-state index is -4.89. The summed E-state index contributed by atoms with van der Waals surface area (Å²) < 4.78 is 67.0. The molecule has 0 spiro atoms. The summed E-state index contributed by atoms with van der Waals surface area (Å²) in [5, 5.41) is 0. The van der Waals surface area contributed by atoms with E-state index in [1.807, 2.05) is 0 Å². The summed E-state index contributed by atoms with van der Waals surface area (Å²) >= 11 is 0. The van der Waals surface area contributed by atoms with Crippen LogP contribution in [0.1, 0.15) is 0 Å². The van der Waals surface area contributed by atoms with Crippen LogP contribution in [0.5, 0.6) is 5.75 Å². The van der Waals surface area contributed by atoms with Crippen molar-refractivity contribution in [2.45, 2.75) is 6.36 Å². The highest BCUT2D eigenvalue weighted by Gasteiger charge is 2.32. The molecule has 0 fully saturated rings. The number of ether oxygens (including phenoxy) is 1. The van der Waals surface area contributed by atoms with Gasteiger partial charge >= 0.3 is 6.36 Å². The molecule has 0 heterocycles. The van der Waals surface area contributed by atoms with Gasteiger partial charge in [-0.05, 0) is 23.8 Å². The van der Waals surface area contributed by atoms with Crippen molar-refractivity contribution in [3.8, 4) is 16.9 Å². The molecule has 2 nitrogen and oxygen atoms in total. The van der Waals surface area contributed by atoms with E-state index in [9.17, 15) is 22.0 Å². The summed E-state index contributed by atoms with van der Waals surface area (Å²) in [6.07, 6.45) is -4.89. The van der Waals surface area contributed by atoms with Crippen LogP contribution in [0.2, 0.25) is 0 Å². The Bertz CT molecular complexity index is 616. The van der Waals surface area contributed by atoms with E-state index in [0.717, 1.165) is 18.2 Å². The Morgan fingerprint density at radius 3 is 2.25 bits per heavy atom. The molecular formula is C13H8F5NO. The molecule has 20 heavy (non-hydrogen) atoms. The maximum Gasteiger partial charge on any atom is 0.573 e. The molecule has 2 aromatic rings. The van der Waals surface area contributed by atoms with Crippen molar-refractivity contribution in [3.63, 3.8) is 0 Å². The molecule has 0 aliphatic heterocycles. The first-order valence-electron chi connectivity index (χ1n) is 5.37. The Balaban J connectivity index is 2.53. The fourth-order valence-electron chi connectivity index (χ4n) is 1.68. The first-order valence-corrected chi connectivity index (χ1v) is 5.37. The van der Waals surface area contributed by atoms with Gasteiger partial charge in [0.2, 0.25) is 0 Å². The summed E-state index contributed by atoms with van der Waals surface area (Å²) in [6.45, 7) is 0. The molecule has 0 radical (unpaired) electrons. The molecule has 0 aromatic heterocycles. The third-order valence-electron chi connectivity index (χ3n) is 2.48. The van der Waals surface area contributed by atoms with Crippen LogP contribution in [0.4, 0.5) is 27.6 Å². The third-order valence-corrected chi connectivity index (χ3v) is 2.48. The maximum absolute atomic E-state index is 13.3. The molecule has 0 aliphatic carbocycles. The summed E-state index contributed by atoms with van der Waals surface area (Å²) in [6, 6.07) is 6.92. The zero-order valence-electron chi connectivity index (χ0n) is 9.84. The van der Waals surface area contributed by atoms with Crippen molar-refractivity contribution in [3.05, 3.63) is 48.0 Å². The second kappa shape index (κ2) is 4.99. The molecule has 2 N–H and O–H groups in total. The second-order valence-corrected chi connectivity index (χ2v) is 3.91.